The monoisotopic (exact) mass is 271 g/mol. The number of nitrogen functional groups attached to an aromatic ring is 1. The maximum Gasteiger partial charge on any atom is 0.257 e. The number of rotatable bonds is 4. The first-order chi connectivity index (χ1) is 9.65. The highest BCUT2D eigenvalue weighted by Crippen LogP contribution is 2.26. The van der Waals surface area contributed by atoms with E-state index >= 15 is 0 Å². The summed E-state index contributed by atoms with van der Waals surface area (Å²) in [4.78, 5) is 12.3. The second kappa shape index (κ2) is 6.08. The van der Waals surface area contributed by atoms with Gasteiger partial charge < -0.3 is 15.5 Å². The Kier molecular flexibility index (Phi) is 4.22. The average Bonchev–Trinajstić information content (AvgIpc) is 2.47. The van der Waals surface area contributed by atoms with Crippen LogP contribution in [0.3, 0.4) is 0 Å². The number of aryl methyl sites for hydroxylation is 1. The van der Waals surface area contributed by atoms with Gasteiger partial charge in [0.25, 0.3) is 5.91 Å². The maximum atomic E-state index is 12.3. The van der Waals surface area contributed by atoms with Gasteiger partial charge in [0.05, 0.1) is 24.0 Å². The van der Waals surface area contributed by atoms with Crippen molar-refractivity contribution >= 4 is 17.3 Å². The van der Waals surface area contributed by atoms with Crippen molar-refractivity contribution in [3.63, 3.8) is 0 Å². The summed E-state index contributed by atoms with van der Waals surface area (Å²) in [6.07, 6.45) is 0. The molecule has 2 aromatic rings. The molecule has 0 saturated heterocycles. The van der Waals surface area contributed by atoms with E-state index < -0.39 is 0 Å². The Morgan fingerprint density at radius 2 is 1.90 bits per heavy atom. The predicted molar refractivity (Wildman–Crippen MR) is 79.9 cm³/mol. The number of hydrogen-bond donors (Lipinski definition) is 3. The Morgan fingerprint density at radius 1 is 1.15 bits per heavy atom. The van der Waals surface area contributed by atoms with Crippen LogP contribution < -0.4 is 21.3 Å². The average molecular weight is 271 g/mol. The highest BCUT2D eigenvalue weighted by atomic mass is 16.5. The maximum absolute atomic E-state index is 12.3. The number of nitrogens with two attached hydrogens (primary N) is 1. The summed E-state index contributed by atoms with van der Waals surface area (Å²) in [5.41, 5.74) is 5.21. The molecule has 2 rings (SSSR count). The van der Waals surface area contributed by atoms with E-state index in [0.29, 0.717) is 22.7 Å². The molecule has 0 radical (unpaired) electrons. The summed E-state index contributed by atoms with van der Waals surface area (Å²) < 4.78 is 5.24. The SMILES string of the molecule is COc1ccc(C)cc1NC(=O)c1ccccc1NN. The lowest BCUT2D eigenvalue weighted by molar-refractivity contribution is 0.102. The largest absolute Gasteiger partial charge is 0.495 e. The van der Waals surface area contributed by atoms with Gasteiger partial charge in [0, 0.05) is 0 Å². The number of hydrazine groups is 1. The molecule has 0 aliphatic carbocycles. The zero-order chi connectivity index (χ0) is 14.5. The van der Waals surface area contributed by atoms with Gasteiger partial charge in [-0.25, -0.2) is 0 Å². The molecule has 0 saturated carbocycles. The number of carbonyl (C=O) groups excluding carboxylic acids is 1. The first kappa shape index (κ1) is 13.9. The van der Waals surface area contributed by atoms with Gasteiger partial charge in [-0.3, -0.25) is 10.6 Å². The van der Waals surface area contributed by atoms with E-state index in [9.17, 15) is 4.79 Å². The lowest BCUT2D eigenvalue weighted by Gasteiger charge is -2.12. The topological polar surface area (TPSA) is 76.4 Å². The third-order valence-corrected chi connectivity index (χ3v) is 2.93. The van der Waals surface area contributed by atoms with Crippen LogP contribution in [0.1, 0.15) is 15.9 Å². The third kappa shape index (κ3) is 2.89. The van der Waals surface area contributed by atoms with E-state index in [-0.39, 0.29) is 5.91 Å². The number of amides is 1. The highest BCUT2D eigenvalue weighted by molar-refractivity contribution is 6.08. The molecule has 2 aromatic carbocycles. The summed E-state index contributed by atoms with van der Waals surface area (Å²) in [6, 6.07) is 12.6. The second-order valence-corrected chi connectivity index (χ2v) is 4.35. The first-order valence-electron chi connectivity index (χ1n) is 6.17. The summed E-state index contributed by atoms with van der Waals surface area (Å²) in [5, 5.41) is 2.83. The van der Waals surface area contributed by atoms with Crippen LogP contribution in [0, 0.1) is 6.92 Å². The van der Waals surface area contributed by atoms with Crippen LogP contribution in [0.25, 0.3) is 0 Å². The minimum atomic E-state index is -0.248. The molecule has 5 heteroatoms. The normalized spacial score (nSPS) is 9.95. The molecule has 0 aliphatic rings. The van der Waals surface area contributed by atoms with Gasteiger partial charge in [-0.15, -0.1) is 0 Å². The summed E-state index contributed by atoms with van der Waals surface area (Å²) in [5.74, 6) is 5.77. The second-order valence-electron chi connectivity index (χ2n) is 4.35. The predicted octanol–water partition coefficient (Wildman–Crippen LogP) is 2.54. The van der Waals surface area contributed by atoms with Crippen LogP contribution in [-0.4, -0.2) is 13.0 Å². The van der Waals surface area contributed by atoms with Crippen molar-refractivity contribution in [2.24, 2.45) is 5.84 Å². The van der Waals surface area contributed by atoms with E-state index in [1.54, 1.807) is 31.4 Å². The summed E-state index contributed by atoms with van der Waals surface area (Å²) >= 11 is 0. The molecule has 0 spiro atoms. The lowest BCUT2D eigenvalue weighted by Crippen LogP contribution is -2.17. The number of hydrogen-bond acceptors (Lipinski definition) is 4. The third-order valence-electron chi connectivity index (χ3n) is 2.93. The van der Waals surface area contributed by atoms with E-state index in [0.717, 1.165) is 5.56 Å². The number of ether oxygens (including phenoxy) is 1. The molecule has 5 nitrogen and oxygen atoms in total. The van der Waals surface area contributed by atoms with Crippen LogP contribution in [0.5, 0.6) is 5.75 Å². The molecule has 0 fully saturated rings. The minimum Gasteiger partial charge on any atom is -0.495 e. The zero-order valence-electron chi connectivity index (χ0n) is 11.4. The Morgan fingerprint density at radius 3 is 2.60 bits per heavy atom. The number of carbonyl (C=O) groups is 1. The molecule has 4 N–H and O–H groups in total. The Balaban J connectivity index is 2.30. The van der Waals surface area contributed by atoms with Crippen LogP contribution in [0.2, 0.25) is 0 Å². The highest BCUT2D eigenvalue weighted by Gasteiger charge is 2.13. The Labute approximate surface area is 117 Å². The van der Waals surface area contributed by atoms with Gasteiger partial charge in [-0.05, 0) is 36.8 Å². The fourth-order valence-electron chi connectivity index (χ4n) is 1.92. The number of benzene rings is 2. The van der Waals surface area contributed by atoms with E-state index in [2.05, 4.69) is 10.7 Å². The molecule has 0 bridgehead atoms. The van der Waals surface area contributed by atoms with Crippen LogP contribution in [0.4, 0.5) is 11.4 Å². The van der Waals surface area contributed by atoms with Crippen molar-refractivity contribution in [3.05, 3.63) is 53.6 Å². The van der Waals surface area contributed by atoms with E-state index in [1.165, 1.54) is 0 Å². The van der Waals surface area contributed by atoms with Crippen LogP contribution >= 0.6 is 0 Å². The van der Waals surface area contributed by atoms with Crippen LogP contribution in [-0.2, 0) is 0 Å². The van der Waals surface area contributed by atoms with Gasteiger partial charge >= 0.3 is 0 Å². The molecule has 104 valence electrons. The van der Waals surface area contributed by atoms with Crippen molar-refractivity contribution in [1.82, 2.24) is 0 Å². The Hall–Kier alpha value is -2.53. The molecule has 0 aromatic heterocycles. The van der Waals surface area contributed by atoms with Crippen molar-refractivity contribution < 1.29 is 9.53 Å². The summed E-state index contributed by atoms with van der Waals surface area (Å²) in [6.45, 7) is 1.95. The molecule has 20 heavy (non-hydrogen) atoms. The van der Waals surface area contributed by atoms with Crippen molar-refractivity contribution in [3.8, 4) is 5.75 Å². The summed E-state index contributed by atoms with van der Waals surface area (Å²) in [7, 11) is 1.57. The van der Waals surface area contributed by atoms with Crippen molar-refractivity contribution in [2.45, 2.75) is 6.92 Å². The number of methoxy groups -OCH3 is 1. The molecule has 0 aliphatic heterocycles. The number of anilines is 2. The fourth-order valence-corrected chi connectivity index (χ4v) is 1.92. The number of nitrogens with one attached hydrogen (secondary N) is 2. The van der Waals surface area contributed by atoms with Gasteiger partial charge in [0.2, 0.25) is 0 Å². The quantitative estimate of drug-likeness (QED) is 0.590. The van der Waals surface area contributed by atoms with Crippen molar-refractivity contribution in [2.75, 3.05) is 17.9 Å². The molecule has 0 heterocycles. The van der Waals surface area contributed by atoms with E-state index in [1.807, 2.05) is 25.1 Å². The molecule has 0 atom stereocenters. The van der Waals surface area contributed by atoms with Gasteiger partial charge in [0.15, 0.2) is 0 Å². The van der Waals surface area contributed by atoms with E-state index in [4.69, 9.17) is 10.6 Å². The zero-order valence-corrected chi connectivity index (χ0v) is 11.4. The molecule has 1 amide bonds. The lowest BCUT2D eigenvalue weighted by atomic mass is 10.1. The van der Waals surface area contributed by atoms with Crippen molar-refractivity contribution in [1.29, 1.82) is 0 Å². The number of para-hydroxylation sites is 1. The smallest absolute Gasteiger partial charge is 0.257 e. The molecule has 0 unspecified atom stereocenters. The molecular formula is C15H17N3O2. The minimum absolute atomic E-state index is 0.248. The first-order valence-corrected chi connectivity index (χ1v) is 6.17. The van der Waals surface area contributed by atoms with Gasteiger partial charge in [0.1, 0.15) is 5.75 Å². The molecular weight excluding hydrogens is 254 g/mol. The standard InChI is InChI=1S/C15H17N3O2/c1-10-7-8-14(20-2)13(9-10)17-15(19)11-5-3-4-6-12(11)18-16/h3-9,18H,16H2,1-2H3,(H,17,19). The van der Waals surface area contributed by atoms with Gasteiger partial charge in [-0.2, -0.15) is 0 Å². The Bertz CT molecular complexity index is 626. The fraction of sp³-hybridized carbons (Fsp3) is 0.133. The van der Waals surface area contributed by atoms with Crippen LogP contribution in [0.15, 0.2) is 42.5 Å². The van der Waals surface area contributed by atoms with Gasteiger partial charge in [-0.1, -0.05) is 18.2 Å².